The Bertz CT molecular complexity index is 442. The molecular weight excluding hydrogens is 234 g/mol. The number of fused-ring (bicyclic) bond motifs is 1. The largest absolute Gasteiger partial charge is 0.335 e. The fourth-order valence-electron chi connectivity index (χ4n) is 2.14. The number of carbonyl (C=O) groups excluding carboxylic acids is 1. The first-order chi connectivity index (χ1) is 8.22. The summed E-state index contributed by atoms with van der Waals surface area (Å²) in [5.41, 5.74) is 2.86. The van der Waals surface area contributed by atoms with E-state index in [1.807, 2.05) is 29.2 Å². The Morgan fingerprint density at radius 2 is 2.18 bits per heavy atom. The molecule has 0 N–H and O–H groups in total. The van der Waals surface area contributed by atoms with Crippen molar-refractivity contribution in [3.63, 3.8) is 0 Å². The molecule has 0 spiro atoms. The van der Waals surface area contributed by atoms with Crippen LogP contribution in [-0.4, -0.2) is 29.8 Å². The van der Waals surface area contributed by atoms with E-state index in [0.29, 0.717) is 12.4 Å². The van der Waals surface area contributed by atoms with Crippen LogP contribution in [0.1, 0.15) is 22.3 Å². The van der Waals surface area contributed by atoms with Gasteiger partial charge in [-0.15, -0.1) is 11.6 Å². The van der Waals surface area contributed by atoms with E-state index in [1.54, 1.807) is 0 Å². The standard InChI is InChI=1S/C14H16ClNO/c1-11(9-15)10-16-8-4-6-12-5-2-3-7-13(12)14(16)17/h2-3,5,7H,1,4,6,8-10H2. The number of nitrogens with zero attached hydrogens (tertiary/aromatic N) is 1. The van der Waals surface area contributed by atoms with Crippen molar-refractivity contribution in [1.82, 2.24) is 4.90 Å². The van der Waals surface area contributed by atoms with Gasteiger partial charge in [0.1, 0.15) is 0 Å². The van der Waals surface area contributed by atoms with Crippen molar-refractivity contribution in [1.29, 1.82) is 0 Å². The second-order valence-electron chi connectivity index (χ2n) is 4.37. The molecule has 2 rings (SSSR count). The zero-order valence-corrected chi connectivity index (χ0v) is 10.5. The van der Waals surface area contributed by atoms with Gasteiger partial charge in [0.05, 0.1) is 0 Å². The van der Waals surface area contributed by atoms with Gasteiger partial charge in [-0.1, -0.05) is 24.8 Å². The third kappa shape index (κ3) is 2.70. The number of amides is 1. The smallest absolute Gasteiger partial charge is 0.254 e. The molecule has 3 heteroatoms. The second kappa shape index (κ2) is 5.37. The Labute approximate surface area is 107 Å². The maximum atomic E-state index is 12.3. The van der Waals surface area contributed by atoms with Crippen LogP contribution in [0.5, 0.6) is 0 Å². The van der Waals surface area contributed by atoms with Crippen molar-refractivity contribution >= 4 is 17.5 Å². The predicted molar refractivity (Wildman–Crippen MR) is 70.5 cm³/mol. The average molecular weight is 250 g/mol. The van der Waals surface area contributed by atoms with Crippen LogP contribution in [0.25, 0.3) is 0 Å². The molecule has 1 heterocycles. The first kappa shape index (κ1) is 12.2. The van der Waals surface area contributed by atoms with Gasteiger partial charge in [0.25, 0.3) is 5.91 Å². The topological polar surface area (TPSA) is 20.3 Å². The summed E-state index contributed by atoms with van der Waals surface area (Å²) in [6.45, 7) is 5.21. The molecule has 2 nitrogen and oxygen atoms in total. The summed E-state index contributed by atoms with van der Waals surface area (Å²) in [4.78, 5) is 14.2. The Morgan fingerprint density at radius 1 is 1.41 bits per heavy atom. The Balaban J connectivity index is 2.23. The molecule has 0 unspecified atom stereocenters. The molecule has 0 saturated heterocycles. The van der Waals surface area contributed by atoms with Gasteiger partial charge in [-0.25, -0.2) is 0 Å². The maximum Gasteiger partial charge on any atom is 0.254 e. The van der Waals surface area contributed by atoms with E-state index >= 15 is 0 Å². The summed E-state index contributed by atoms with van der Waals surface area (Å²) in [6.07, 6.45) is 1.96. The molecule has 0 radical (unpaired) electrons. The van der Waals surface area contributed by atoms with Gasteiger partial charge >= 0.3 is 0 Å². The summed E-state index contributed by atoms with van der Waals surface area (Å²) in [5.74, 6) is 0.509. The number of carbonyl (C=O) groups is 1. The number of benzene rings is 1. The molecule has 0 aromatic heterocycles. The van der Waals surface area contributed by atoms with Crippen molar-refractivity contribution in [2.24, 2.45) is 0 Å². The van der Waals surface area contributed by atoms with Crippen molar-refractivity contribution < 1.29 is 4.79 Å². The molecule has 17 heavy (non-hydrogen) atoms. The first-order valence-electron chi connectivity index (χ1n) is 5.82. The molecule has 1 amide bonds. The van der Waals surface area contributed by atoms with Crippen molar-refractivity contribution in [2.75, 3.05) is 19.0 Å². The number of hydrogen-bond donors (Lipinski definition) is 0. The SMILES string of the molecule is C=C(CCl)CN1CCCc2ccccc2C1=O. The molecule has 1 aromatic rings. The van der Waals surface area contributed by atoms with E-state index in [0.717, 1.165) is 36.1 Å². The quantitative estimate of drug-likeness (QED) is 0.596. The number of halogens is 1. The minimum atomic E-state index is 0.101. The molecule has 1 aliphatic heterocycles. The molecule has 90 valence electrons. The summed E-state index contributed by atoms with van der Waals surface area (Å²) >= 11 is 5.72. The lowest BCUT2D eigenvalue weighted by Gasteiger charge is -2.21. The van der Waals surface area contributed by atoms with Crippen molar-refractivity contribution in [3.05, 3.63) is 47.5 Å². The lowest BCUT2D eigenvalue weighted by atomic mass is 10.0. The predicted octanol–water partition coefficient (Wildman–Crippen LogP) is 2.87. The van der Waals surface area contributed by atoms with Crippen LogP contribution in [0.3, 0.4) is 0 Å². The van der Waals surface area contributed by atoms with E-state index in [9.17, 15) is 4.79 Å². The van der Waals surface area contributed by atoms with Crippen LogP contribution >= 0.6 is 11.6 Å². The highest BCUT2D eigenvalue weighted by atomic mass is 35.5. The molecular formula is C14H16ClNO. The second-order valence-corrected chi connectivity index (χ2v) is 4.64. The van der Waals surface area contributed by atoms with Crippen LogP contribution in [-0.2, 0) is 6.42 Å². The number of rotatable bonds is 3. The van der Waals surface area contributed by atoms with Gasteiger partial charge in [-0.2, -0.15) is 0 Å². The van der Waals surface area contributed by atoms with Gasteiger partial charge in [0, 0.05) is 24.5 Å². The van der Waals surface area contributed by atoms with Gasteiger partial charge in [-0.05, 0) is 30.0 Å². The lowest BCUT2D eigenvalue weighted by molar-refractivity contribution is 0.0775. The van der Waals surface area contributed by atoms with Gasteiger partial charge in [-0.3, -0.25) is 4.79 Å². The molecule has 0 aliphatic carbocycles. The fourth-order valence-corrected chi connectivity index (χ4v) is 2.23. The normalized spacial score (nSPS) is 15.4. The Kier molecular flexibility index (Phi) is 3.85. The van der Waals surface area contributed by atoms with Crippen LogP contribution in [0.15, 0.2) is 36.4 Å². The van der Waals surface area contributed by atoms with E-state index in [4.69, 9.17) is 11.6 Å². The summed E-state index contributed by atoms with van der Waals surface area (Å²) in [6, 6.07) is 7.84. The van der Waals surface area contributed by atoms with Crippen molar-refractivity contribution in [2.45, 2.75) is 12.8 Å². The monoisotopic (exact) mass is 249 g/mol. The molecule has 0 bridgehead atoms. The van der Waals surface area contributed by atoms with E-state index < -0.39 is 0 Å². The molecule has 0 atom stereocenters. The first-order valence-corrected chi connectivity index (χ1v) is 6.35. The minimum absolute atomic E-state index is 0.101. The highest BCUT2D eigenvalue weighted by molar-refractivity contribution is 6.19. The third-order valence-electron chi connectivity index (χ3n) is 3.01. The molecule has 1 aromatic carbocycles. The Hall–Kier alpha value is -1.28. The van der Waals surface area contributed by atoms with Crippen molar-refractivity contribution in [3.8, 4) is 0 Å². The van der Waals surface area contributed by atoms with Crippen LogP contribution in [0.2, 0.25) is 0 Å². The third-order valence-corrected chi connectivity index (χ3v) is 3.39. The number of hydrogen-bond acceptors (Lipinski definition) is 1. The zero-order chi connectivity index (χ0) is 12.3. The summed E-state index contributed by atoms with van der Waals surface area (Å²) in [5, 5.41) is 0. The van der Waals surface area contributed by atoms with Crippen LogP contribution in [0.4, 0.5) is 0 Å². The molecule has 0 fully saturated rings. The highest BCUT2D eigenvalue weighted by Gasteiger charge is 2.21. The summed E-state index contributed by atoms with van der Waals surface area (Å²) in [7, 11) is 0. The number of alkyl halides is 1. The van der Waals surface area contributed by atoms with Gasteiger partial charge in [0.2, 0.25) is 0 Å². The summed E-state index contributed by atoms with van der Waals surface area (Å²) < 4.78 is 0. The van der Waals surface area contributed by atoms with E-state index in [-0.39, 0.29) is 5.91 Å². The van der Waals surface area contributed by atoms with Crippen LogP contribution in [0, 0.1) is 0 Å². The number of aryl methyl sites for hydroxylation is 1. The maximum absolute atomic E-state index is 12.3. The minimum Gasteiger partial charge on any atom is -0.335 e. The van der Waals surface area contributed by atoms with Crippen LogP contribution < -0.4 is 0 Å². The fraction of sp³-hybridized carbons (Fsp3) is 0.357. The lowest BCUT2D eigenvalue weighted by Crippen LogP contribution is -2.32. The Morgan fingerprint density at radius 3 is 2.94 bits per heavy atom. The average Bonchev–Trinajstić information content (AvgIpc) is 2.51. The van der Waals surface area contributed by atoms with Gasteiger partial charge < -0.3 is 4.90 Å². The molecule has 0 saturated carbocycles. The van der Waals surface area contributed by atoms with Gasteiger partial charge in [0.15, 0.2) is 0 Å². The highest BCUT2D eigenvalue weighted by Crippen LogP contribution is 2.19. The van der Waals surface area contributed by atoms with E-state index in [1.165, 1.54) is 0 Å². The zero-order valence-electron chi connectivity index (χ0n) is 9.79. The van der Waals surface area contributed by atoms with E-state index in [2.05, 4.69) is 6.58 Å². The molecule has 1 aliphatic rings.